The van der Waals surface area contributed by atoms with E-state index in [1.54, 1.807) is 11.8 Å². The molecule has 2 aromatic carbocycles. The molecule has 0 saturated heterocycles. The molecule has 0 unspecified atom stereocenters. The molecule has 0 spiro atoms. The van der Waals surface area contributed by atoms with Crippen molar-refractivity contribution >= 4 is 23.4 Å². The van der Waals surface area contributed by atoms with Gasteiger partial charge in [0.1, 0.15) is 0 Å². The molecule has 1 aliphatic rings. The van der Waals surface area contributed by atoms with E-state index in [-0.39, 0.29) is 5.91 Å². The number of anilines is 1. The van der Waals surface area contributed by atoms with Crippen molar-refractivity contribution in [2.24, 2.45) is 0 Å². The number of carbonyl (C=O) groups is 1. The van der Waals surface area contributed by atoms with Crippen molar-refractivity contribution in [1.29, 1.82) is 0 Å². The van der Waals surface area contributed by atoms with Crippen LogP contribution in [0.25, 0.3) is 0 Å². The van der Waals surface area contributed by atoms with Gasteiger partial charge in [0.05, 0.1) is 5.75 Å². The van der Waals surface area contributed by atoms with E-state index in [1.807, 2.05) is 6.07 Å². The molecular weight excluding hydrogens is 302 g/mol. The lowest BCUT2D eigenvalue weighted by Gasteiger charge is -2.19. The number of nitrogens with one attached hydrogen (secondary N) is 1. The zero-order chi connectivity index (χ0) is 16.1. The van der Waals surface area contributed by atoms with Crippen molar-refractivity contribution in [3.05, 3.63) is 64.7 Å². The van der Waals surface area contributed by atoms with Gasteiger partial charge in [-0.15, -0.1) is 11.8 Å². The molecule has 1 aliphatic carbocycles. The Kier molecular flexibility index (Phi) is 5.39. The number of rotatable bonds is 5. The van der Waals surface area contributed by atoms with Crippen molar-refractivity contribution in [3.63, 3.8) is 0 Å². The average Bonchev–Trinajstić information content (AvgIpc) is 2.57. The monoisotopic (exact) mass is 325 g/mol. The first-order valence-electron chi connectivity index (χ1n) is 8.26. The van der Waals surface area contributed by atoms with E-state index in [2.05, 4.69) is 48.6 Å². The molecule has 0 radical (unpaired) electrons. The summed E-state index contributed by atoms with van der Waals surface area (Å²) in [7, 11) is 0. The first kappa shape index (κ1) is 16.1. The topological polar surface area (TPSA) is 29.1 Å². The van der Waals surface area contributed by atoms with Crippen molar-refractivity contribution in [2.75, 3.05) is 11.1 Å². The second-order valence-electron chi connectivity index (χ2n) is 6.18. The Hall–Kier alpha value is -1.74. The minimum Gasteiger partial charge on any atom is -0.325 e. The molecule has 0 aliphatic heterocycles. The number of thioether (sulfide) groups is 1. The summed E-state index contributed by atoms with van der Waals surface area (Å²) in [4.78, 5) is 12.2. The molecule has 3 rings (SSSR count). The van der Waals surface area contributed by atoms with Gasteiger partial charge in [0.15, 0.2) is 0 Å². The van der Waals surface area contributed by atoms with Crippen LogP contribution in [0.1, 0.15) is 35.1 Å². The summed E-state index contributed by atoms with van der Waals surface area (Å²) in [5, 5.41) is 3.11. The standard InChI is InChI=1S/C20H23NOS/c1-15-9-11-16(12-10-15)13-23-14-20(22)21-19-8-4-6-17-5-2-3-7-18(17)19/h4,6,8-12H,2-3,5,7,13-14H2,1H3,(H,21,22). The van der Waals surface area contributed by atoms with E-state index < -0.39 is 0 Å². The number of amides is 1. The van der Waals surface area contributed by atoms with Crippen LogP contribution in [-0.4, -0.2) is 11.7 Å². The highest BCUT2D eigenvalue weighted by Crippen LogP contribution is 2.28. The Labute approximate surface area is 142 Å². The molecule has 120 valence electrons. The van der Waals surface area contributed by atoms with Gasteiger partial charge in [-0.1, -0.05) is 42.0 Å². The van der Waals surface area contributed by atoms with Crippen molar-refractivity contribution in [1.82, 2.24) is 0 Å². The van der Waals surface area contributed by atoms with Gasteiger partial charge in [0, 0.05) is 11.4 Å². The highest BCUT2D eigenvalue weighted by atomic mass is 32.2. The molecule has 3 heteroatoms. The number of aryl methyl sites for hydroxylation is 2. The Bertz CT molecular complexity index is 679. The van der Waals surface area contributed by atoms with Crippen LogP contribution in [0.4, 0.5) is 5.69 Å². The average molecular weight is 325 g/mol. The van der Waals surface area contributed by atoms with E-state index in [9.17, 15) is 4.79 Å². The maximum absolute atomic E-state index is 12.2. The smallest absolute Gasteiger partial charge is 0.234 e. The van der Waals surface area contributed by atoms with Crippen LogP contribution < -0.4 is 5.32 Å². The summed E-state index contributed by atoms with van der Waals surface area (Å²) >= 11 is 1.66. The van der Waals surface area contributed by atoms with Crippen LogP contribution in [-0.2, 0) is 23.4 Å². The van der Waals surface area contributed by atoms with E-state index in [1.165, 1.54) is 35.1 Å². The highest BCUT2D eigenvalue weighted by Gasteiger charge is 2.14. The van der Waals surface area contributed by atoms with E-state index >= 15 is 0 Å². The van der Waals surface area contributed by atoms with Crippen LogP contribution in [0.3, 0.4) is 0 Å². The molecule has 0 heterocycles. The van der Waals surface area contributed by atoms with Gasteiger partial charge in [-0.05, 0) is 55.4 Å². The van der Waals surface area contributed by atoms with Crippen LogP contribution in [0.2, 0.25) is 0 Å². The normalized spacial score (nSPS) is 13.4. The molecule has 1 N–H and O–H groups in total. The largest absolute Gasteiger partial charge is 0.325 e. The van der Waals surface area contributed by atoms with Gasteiger partial charge >= 0.3 is 0 Å². The summed E-state index contributed by atoms with van der Waals surface area (Å²) in [6, 6.07) is 14.8. The maximum atomic E-state index is 12.2. The number of hydrogen-bond acceptors (Lipinski definition) is 2. The first-order valence-corrected chi connectivity index (χ1v) is 9.42. The number of benzene rings is 2. The molecular formula is C20H23NOS. The minimum atomic E-state index is 0.0982. The van der Waals surface area contributed by atoms with E-state index in [4.69, 9.17) is 0 Å². The fourth-order valence-electron chi connectivity index (χ4n) is 3.03. The maximum Gasteiger partial charge on any atom is 0.234 e. The lowest BCUT2D eigenvalue weighted by atomic mass is 9.90. The van der Waals surface area contributed by atoms with Gasteiger partial charge in [-0.2, -0.15) is 0 Å². The Balaban J connectivity index is 1.52. The minimum absolute atomic E-state index is 0.0982. The third-order valence-electron chi connectivity index (χ3n) is 4.29. The molecule has 2 aromatic rings. The van der Waals surface area contributed by atoms with Gasteiger partial charge < -0.3 is 5.32 Å². The van der Waals surface area contributed by atoms with Crippen molar-refractivity contribution in [2.45, 2.75) is 38.4 Å². The van der Waals surface area contributed by atoms with Gasteiger partial charge in [0.25, 0.3) is 0 Å². The lowest BCUT2D eigenvalue weighted by Crippen LogP contribution is -2.17. The van der Waals surface area contributed by atoms with Crippen molar-refractivity contribution in [3.8, 4) is 0 Å². The summed E-state index contributed by atoms with van der Waals surface area (Å²) in [5.41, 5.74) is 6.30. The zero-order valence-electron chi connectivity index (χ0n) is 13.6. The van der Waals surface area contributed by atoms with Gasteiger partial charge in [0.2, 0.25) is 5.91 Å². The summed E-state index contributed by atoms with van der Waals surface area (Å²) in [6.07, 6.45) is 4.71. The fraction of sp³-hybridized carbons (Fsp3) is 0.350. The lowest BCUT2D eigenvalue weighted by molar-refractivity contribution is -0.113. The molecule has 1 amide bonds. The predicted molar refractivity (Wildman–Crippen MR) is 99.1 cm³/mol. The number of hydrogen-bond donors (Lipinski definition) is 1. The summed E-state index contributed by atoms with van der Waals surface area (Å²) < 4.78 is 0. The predicted octanol–water partition coefficient (Wildman–Crippen LogP) is 4.75. The zero-order valence-corrected chi connectivity index (χ0v) is 14.4. The van der Waals surface area contributed by atoms with Crippen LogP contribution in [0, 0.1) is 6.92 Å². The molecule has 0 atom stereocenters. The molecule has 2 nitrogen and oxygen atoms in total. The van der Waals surface area contributed by atoms with Crippen LogP contribution in [0.15, 0.2) is 42.5 Å². The molecule has 0 saturated carbocycles. The van der Waals surface area contributed by atoms with Crippen molar-refractivity contribution < 1.29 is 4.79 Å². The second kappa shape index (κ2) is 7.69. The second-order valence-corrected chi connectivity index (χ2v) is 7.16. The van der Waals surface area contributed by atoms with E-state index in [0.29, 0.717) is 5.75 Å². The quantitative estimate of drug-likeness (QED) is 0.860. The molecule has 0 bridgehead atoms. The SMILES string of the molecule is Cc1ccc(CSCC(=O)Nc2cccc3c2CCCC3)cc1. The number of fused-ring (bicyclic) bond motifs is 1. The van der Waals surface area contributed by atoms with Gasteiger partial charge in [-0.25, -0.2) is 0 Å². The Morgan fingerprint density at radius 1 is 1.09 bits per heavy atom. The molecule has 0 aromatic heterocycles. The fourth-order valence-corrected chi connectivity index (χ4v) is 3.82. The Morgan fingerprint density at radius 2 is 1.87 bits per heavy atom. The van der Waals surface area contributed by atoms with E-state index in [0.717, 1.165) is 24.3 Å². The third-order valence-corrected chi connectivity index (χ3v) is 5.30. The summed E-state index contributed by atoms with van der Waals surface area (Å²) in [5.74, 6) is 1.47. The number of carbonyl (C=O) groups excluding carboxylic acids is 1. The molecule has 23 heavy (non-hydrogen) atoms. The van der Waals surface area contributed by atoms with Gasteiger partial charge in [-0.3, -0.25) is 4.79 Å². The third kappa shape index (κ3) is 4.38. The highest BCUT2D eigenvalue weighted by molar-refractivity contribution is 7.99. The molecule has 0 fully saturated rings. The van der Waals surface area contributed by atoms with Crippen LogP contribution in [0.5, 0.6) is 0 Å². The first-order chi connectivity index (χ1) is 11.2. The Morgan fingerprint density at radius 3 is 2.70 bits per heavy atom. The summed E-state index contributed by atoms with van der Waals surface area (Å²) in [6.45, 7) is 2.09. The van der Waals surface area contributed by atoms with Crippen LogP contribution >= 0.6 is 11.8 Å².